The summed E-state index contributed by atoms with van der Waals surface area (Å²) in [5.74, 6) is 1.05. The third-order valence-electron chi connectivity index (χ3n) is 3.14. The van der Waals surface area contributed by atoms with E-state index in [0.29, 0.717) is 24.9 Å². The number of hydrogen-bond donors (Lipinski definition) is 2. The van der Waals surface area contributed by atoms with Gasteiger partial charge in [-0.2, -0.15) is 0 Å². The maximum atomic E-state index is 12.9. The monoisotopic (exact) mass is 316 g/mol. The van der Waals surface area contributed by atoms with Crippen molar-refractivity contribution >= 4 is 5.96 Å². The number of methoxy groups -OCH3 is 1. The second-order valence-corrected chi connectivity index (χ2v) is 4.88. The molecule has 2 aromatic rings. The second kappa shape index (κ2) is 8.73. The van der Waals surface area contributed by atoms with Crippen LogP contribution in [0.4, 0.5) is 4.39 Å². The van der Waals surface area contributed by atoms with Gasteiger partial charge in [-0.1, -0.05) is 18.2 Å². The zero-order valence-corrected chi connectivity index (χ0v) is 13.3. The van der Waals surface area contributed by atoms with Crippen molar-refractivity contribution in [3.05, 3.63) is 59.5 Å². The Morgan fingerprint density at radius 3 is 2.48 bits per heavy atom. The van der Waals surface area contributed by atoms with E-state index in [2.05, 4.69) is 20.6 Å². The average Bonchev–Trinajstić information content (AvgIpc) is 2.59. The van der Waals surface area contributed by atoms with Crippen molar-refractivity contribution in [1.29, 1.82) is 0 Å². The summed E-state index contributed by atoms with van der Waals surface area (Å²) in [5, 5.41) is 6.40. The van der Waals surface area contributed by atoms with E-state index in [1.807, 2.05) is 19.1 Å². The maximum Gasteiger partial charge on any atom is 0.212 e. The predicted molar refractivity (Wildman–Crippen MR) is 88.8 cm³/mol. The van der Waals surface area contributed by atoms with Gasteiger partial charge in [-0.05, 0) is 30.2 Å². The smallest absolute Gasteiger partial charge is 0.212 e. The molecule has 5 nitrogen and oxygen atoms in total. The molecule has 1 heterocycles. The van der Waals surface area contributed by atoms with Crippen molar-refractivity contribution in [2.75, 3.05) is 13.7 Å². The van der Waals surface area contributed by atoms with Crippen molar-refractivity contribution in [2.24, 2.45) is 4.99 Å². The van der Waals surface area contributed by atoms with Crippen molar-refractivity contribution < 1.29 is 9.13 Å². The zero-order valence-electron chi connectivity index (χ0n) is 13.3. The van der Waals surface area contributed by atoms with E-state index < -0.39 is 0 Å². The molecule has 0 aliphatic carbocycles. The first-order valence-corrected chi connectivity index (χ1v) is 7.47. The van der Waals surface area contributed by atoms with Crippen molar-refractivity contribution in [3.8, 4) is 5.88 Å². The summed E-state index contributed by atoms with van der Waals surface area (Å²) in [6.07, 6.45) is 1.74. The van der Waals surface area contributed by atoms with Gasteiger partial charge >= 0.3 is 0 Å². The predicted octanol–water partition coefficient (Wildman–Crippen LogP) is 2.48. The second-order valence-electron chi connectivity index (χ2n) is 4.88. The Bertz CT molecular complexity index is 626. The van der Waals surface area contributed by atoms with E-state index in [1.165, 1.54) is 12.1 Å². The number of aliphatic imine (C=N–C) groups is 1. The molecule has 0 spiro atoms. The van der Waals surface area contributed by atoms with Crippen LogP contribution in [0.5, 0.6) is 5.88 Å². The molecule has 0 aliphatic rings. The molecule has 2 N–H and O–H groups in total. The molecule has 0 saturated heterocycles. The summed E-state index contributed by atoms with van der Waals surface area (Å²) >= 11 is 0. The highest BCUT2D eigenvalue weighted by Crippen LogP contribution is 2.07. The Hall–Kier alpha value is -2.63. The van der Waals surface area contributed by atoms with Crippen LogP contribution < -0.4 is 15.4 Å². The highest BCUT2D eigenvalue weighted by Gasteiger charge is 2.00. The van der Waals surface area contributed by atoms with E-state index in [9.17, 15) is 4.39 Å². The minimum Gasteiger partial charge on any atom is -0.481 e. The Morgan fingerprint density at radius 1 is 1.13 bits per heavy atom. The molecule has 0 bridgehead atoms. The molecule has 6 heteroatoms. The van der Waals surface area contributed by atoms with Crippen LogP contribution in [0, 0.1) is 5.82 Å². The SMILES string of the molecule is CCNC(=NCc1ccc(OC)nc1)NCc1ccc(F)cc1. The van der Waals surface area contributed by atoms with E-state index in [0.717, 1.165) is 17.7 Å². The molecule has 0 radical (unpaired) electrons. The number of rotatable bonds is 6. The average molecular weight is 316 g/mol. The van der Waals surface area contributed by atoms with Crippen molar-refractivity contribution in [2.45, 2.75) is 20.0 Å². The van der Waals surface area contributed by atoms with Crippen molar-refractivity contribution in [3.63, 3.8) is 0 Å². The largest absolute Gasteiger partial charge is 0.481 e. The van der Waals surface area contributed by atoms with Gasteiger partial charge in [-0.15, -0.1) is 0 Å². The number of nitrogens with zero attached hydrogens (tertiary/aromatic N) is 2. The summed E-state index contributed by atoms with van der Waals surface area (Å²) in [7, 11) is 1.59. The number of ether oxygens (including phenoxy) is 1. The van der Waals surface area contributed by atoms with Gasteiger partial charge < -0.3 is 15.4 Å². The lowest BCUT2D eigenvalue weighted by atomic mass is 10.2. The summed E-state index contributed by atoms with van der Waals surface area (Å²) in [6.45, 7) is 3.85. The van der Waals surface area contributed by atoms with Gasteiger partial charge in [0.05, 0.1) is 13.7 Å². The van der Waals surface area contributed by atoms with E-state index >= 15 is 0 Å². The number of benzene rings is 1. The first-order valence-electron chi connectivity index (χ1n) is 7.47. The highest BCUT2D eigenvalue weighted by atomic mass is 19.1. The van der Waals surface area contributed by atoms with Gasteiger partial charge in [-0.3, -0.25) is 0 Å². The normalized spacial score (nSPS) is 11.2. The number of guanidine groups is 1. The third kappa shape index (κ3) is 5.58. The Kier molecular flexibility index (Phi) is 6.35. The van der Waals surface area contributed by atoms with Gasteiger partial charge in [0, 0.05) is 25.4 Å². The Labute approximate surface area is 135 Å². The number of hydrogen-bond acceptors (Lipinski definition) is 3. The molecular formula is C17H21FN4O. The minimum absolute atomic E-state index is 0.235. The molecule has 23 heavy (non-hydrogen) atoms. The topological polar surface area (TPSA) is 58.5 Å². The molecule has 0 saturated carbocycles. The van der Waals surface area contributed by atoms with Crippen LogP contribution in [0.1, 0.15) is 18.1 Å². The molecule has 0 amide bonds. The quantitative estimate of drug-likeness (QED) is 0.635. The van der Waals surface area contributed by atoms with Crippen LogP contribution in [0.2, 0.25) is 0 Å². The van der Waals surface area contributed by atoms with Gasteiger partial charge in [-0.25, -0.2) is 14.4 Å². The van der Waals surface area contributed by atoms with Crippen LogP contribution in [0.25, 0.3) is 0 Å². The van der Waals surface area contributed by atoms with Crippen molar-refractivity contribution in [1.82, 2.24) is 15.6 Å². The summed E-state index contributed by atoms with van der Waals surface area (Å²) in [4.78, 5) is 8.67. The maximum absolute atomic E-state index is 12.9. The fourth-order valence-electron chi connectivity index (χ4n) is 1.93. The summed E-state index contributed by atoms with van der Waals surface area (Å²) in [6, 6.07) is 10.1. The number of pyridine rings is 1. The van der Waals surface area contributed by atoms with E-state index in [4.69, 9.17) is 4.74 Å². The summed E-state index contributed by atoms with van der Waals surface area (Å²) in [5.41, 5.74) is 1.98. The first kappa shape index (κ1) is 16.7. The number of nitrogens with one attached hydrogen (secondary N) is 2. The standard InChI is InChI=1S/C17H21FN4O/c1-3-19-17(21-10-13-4-7-15(18)8-5-13)22-12-14-6-9-16(23-2)20-11-14/h4-9,11H,3,10,12H2,1-2H3,(H2,19,21,22). The lowest BCUT2D eigenvalue weighted by molar-refractivity contribution is 0.397. The molecule has 1 aromatic carbocycles. The lowest BCUT2D eigenvalue weighted by Gasteiger charge is -2.11. The van der Waals surface area contributed by atoms with E-state index in [1.54, 1.807) is 25.4 Å². The zero-order chi connectivity index (χ0) is 16.5. The fourth-order valence-corrected chi connectivity index (χ4v) is 1.93. The van der Waals surface area contributed by atoms with Crippen LogP contribution in [-0.2, 0) is 13.1 Å². The van der Waals surface area contributed by atoms with Gasteiger partial charge in [0.25, 0.3) is 0 Å². The van der Waals surface area contributed by atoms with Crippen LogP contribution in [0.3, 0.4) is 0 Å². The van der Waals surface area contributed by atoms with Crippen LogP contribution in [-0.4, -0.2) is 24.6 Å². The van der Waals surface area contributed by atoms with Gasteiger partial charge in [0.15, 0.2) is 5.96 Å². The summed E-state index contributed by atoms with van der Waals surface area (Å²) < 4.78 is 17.9. The third-order valence-corrected chi connectivity index (χ3v) is 3.14. The Balaban J connectivity index is 1.94. The number of aromatic nitrogens is 1. The van der Waals surface area contributed by atoms with Gasteiger partial charge in [0.1, 0.15) is 5.82 Å². The molecule has 0 atom stereocenters. The molecule has 1 aromatic heterocycles. The number of halogens is 1. The highest BCUT2D eigenvalue weighted by molar-refractivity contribution is 5.79. The molecule has 0 aliphatic heterocycles. The molecular weight excluding hydrogens is 295 g/mol. The molecule has 122 valence electrons. The molecule has 0 fully saturated rings. The molecule has 0 unspecified atom stereocenters. The van der Waals surface area contributed by atoms with Crippen LogP contribution in [0.15, 0.2) is 47.6 Å². The fraction of sp³-hybridized carbons (Fsp3) is 0.294. The van der Waals surface area contributed by atoms with Gasteiger partial charge in [0.2, 0.25) is 5.88 Å². The lowest BCUT2D eigenvalue weighted by Crippen LogP contribution is -2.36. The van der Waals surface area contributed by atoms with E-state index in [-0.39, 0.29) is 5.82 Å². The minimum atomic E-state index is -0.235. The molecule has 2 rings (SSSR count). The Morgan fingerprint density at radius 2 is 1.87 bits per heavy atom. The first-order chi connectivity index (χ1) is 11.2. The van der Waals surface area contributed by atoms with Crippen LogP contribution >= 0.6 is 0 Å².